The number of nitrogens with zero attached hydrogens (tertiary/aromatic N) is 5. The molecule has 0 bridgehead atoms. The number of hydrogen-bond donors (Lipinski definition) is 1. The lowest BCUT2D eigenvalue weighted by atomic mass is 9.77. The van der Waals surface area contributed by atoms with Crippen molar-refractivity contribution in [1.82, 2.24) is 24.5 Å². The summed E-state index contributed by atoms with van der Waals surface area (Å²) >= 11 is 0. The van der Waals surface area contributed by atoms with Crippen LogP contribution in [0, 0.1) is 11.8 Å². The zero-order valence-electron chi connectivity index (χ0n) is 15.5. The molecular weight excluding hydrogens is 354 g/mol. The molecular formula is C21H23N5O2. The van der Waals surface area contributed by atoms with Crippen LogP contribution in [0.5, 0.6) is 0 Å². The van der Waals surface area contributed by atoms with Crippen LogP contribution in [0.3, 0.4) is 0 Å². The molecule has 1 aromatic carbocycles. The van der Waals surface area contributed by atoms with Gasteiger partial charge in [-0.2, -0.15) is 10.2 Å². The monoisotopic (exact) mass is 377 g/mol. The topological polar surface area (TPSA) is 76.2 Å². The van der Waals surface area contributed by atoms with E-state index in [2.05, 4.69) is 10.2 Å². The summed E-state index contributed by atoms with van der Waals surface area (Å²) in [6.07, 6.45) is 8.39. The lowest BCUT2D eigenvalue weighted by molar-refractivity contribution is 0.0306. The highest BCUT2D eigenvalue weighted by Gasteiger charge is 2.43. The molecule has 1 N–H and O–H groups in total. The minimum atomic E-state index is -0.417. The molecule has 2 fully saturated rings. The molecule has 7 heteroatoms. The zero-order chi connectivity index (χ0) is 19.1. The Kier molecular flexibility index (Phi) is 4.24. The Balaban J connectivity index is 1.32. The number of carbonyl (C=O) groups is 1. The first-order valence-corrected chi connectivity index (χ1v) is 9.75. The quantitative estimate of drug-likeness (QED) is 0.759. The third-order valence-corrected chi connectivity index (χ3v) is 6.12. The van der Waals surface area contributed by atoms with Gasteiger partial charge in [-0.25, -0.2) is 4.68 Å². The smallest absolute Gasteiger partial charge is 0.253 e. The first-order chi connectivity index (χ1) is 13.7. The molecule has 1 aliphatic heterocycles. The second-order valence-corrected chi connectivity index (χ2v) is 7.82. The van der Waals surface area contributed by atoms with Crippen LogP contribution >= 0.6 is 0 Å². The molecule has 1 saturated heterocycles. The van der Waals surface area contributed by atoms with Crippen molar-refractivity contribution in [2.24, 2.45) is 11.8 Å². The summed E-state index contributed by atoms with van der Waals surface area (Å²) in [4.78, 5) is 15.1. The molecule has 7 nitrogen and oxygen atoms in total. The van der Waals surface area contributed by atoms with Gasteiger partial charge in [0.1, 0.15) is 0 Å². The molecule has 2 aliphatic rings. The molecule has 1 saturated carbocycles. The van der Waals surface area contributed by atoms with Gasteiger partial charge in [0.2, 0.25) is 0 Å². The van der Waals surface area contributed by atoms with Crippen molar-refractivity contribution >= 4 is 5.91 Å². The summed E-state index contributed by atoms with van der Waals surface area (Å²) in [5.41, 5.74) is 1.55. The van der Waals surface area contributed by atoms with E-state index in [-0.39, 0.29) is 11.9 Å². The lowest BCUT2D eigenvalue weighted by Crippen LogP contribution is -2.36. The summed E-state index contributed by atoms with van der Waals surface area (Å²) < 4.78 is 3.62. The Morgan fingerprint density at radius 2 is 1.79 bits per heavy atom. The maximum atomic E-state index is 13.1. The molecule has 4 atom stereocenters. The highest BCUT2D eigenvalue weighted by atomic mass is 16.3. The van der Waals surface area contributed by atoms with Crippen molar-refractivity contribution in [1.29, 1.82) is 0 Å². The van der Waals surface area contributed by atoms with Gasteiger partial charge in [0.15, 0.2) is 0 Å². The Labute approximate surface area is 163 Å². The van der Waals surface area contributed by atoms with Gasteiger partial charge in [0.25, 0.3) is 5.91 Å². The fourth-order valence-corrected chi connectivity index (χ4v) is 4.72. The third-order valence-electron chi connectivity index (χ3n) is 6.12. The van der Waals surface area contributed by atoms with E-state index in [4.69, 9.17) is 0 Å². The van der Waals surface area contributed by atoms with Crippen LogP contribution in [-0.4, -0.2) is 54.7 Å². The van der Waals surface area contributed by atoms with Crippen LogP contribution in [-0.2, 0) is 0 Å². The third kappa shape index (κ3) is 3.01. The standard InChI is InChI=1S/C21H23N5O2/c27-20-12-17-14-24(13-16(17)11-19(20)26-9-3-7-23-26)21(28)15-4-1-5-18(10-15)25-8-2-6-22-25/h1-10,16-17,19-20,27H,11-14H2/t16-,17+,19-,20-/m1/s1. The predicted molar refractivity (Wildman–Crippen MR) is 103 cm³/mol. The van der Waals surface area contributed by atoms with Crippen LogP contribution in [0.15, 0.2) is 61.2 Å². The van der Waals surface area contributed by atoms with E-state index >= 15 is 0 Å². The van der Waals surface area contributed by atoms with Gasteiger partial charge in [-0.1, -0.05) is 6.07 Å². The number of aliphatic hydroxyl groups is 1. The Morgan fingerprint density at radius 3 is 2.54 bits per heavy atom. The molecule has 144 valence electrons. The van der Waals surface area contributed by atoms with Crippen LogP contribution in [0.2, 0.25) is 0 Å². The summed E-state index contributed by atoms with van der Waals surface area (Å²) in [5.74, 6) is 0.796. The van der Waals surface area contributed by atoms with E-state index in [0.717, 1.165) is 18.7 Å². The number of benzene rings is 1. The van der Waals surface area contributed by atoms with Crippen molar-refractivity contribution in [3.8, 4) is 5.69 Å². The van der Waals surface area contributed by atoms with Gasteiger partial charge in [-0.3, -0.25) is 9.48 Å². The highest BCUT2D eigenvalue weighted by molar-refractivity contribution is 5.95. The fourth-order valence-electron chi connectivity index (χ4n) is 4.72. The summed E-state index contributed by atoms with van der Waals surface area (Å²) in [6, 6.07) is 11.3. The average molecular weight is 377 g/mol. The van der Waals surface area contributed by atoms with Crippen LogP contribution in [0.1, 0.15) is 29.2 Å². The van der Waals surface area contributed by atoms with Crippen molar-refractivity contribution in [3.63, 3.8) is 0 Å². The van der Waals surface area contributed by atoms with E-state index in [0.29, 0.717) is 30.4 Å². The van der Waals surface area contributed by atoms with Gasteiger partial charge in [0.05, 0.1) is 17.8 Å². The maximum absolute atomic E-state index is 13.1. The van der Waals surface area contributed by atoms with E-state index in [1.807, 2.05) is 58.4 Å². The summed E-state index contributed by atoms with van der Waals surface area (Å²) in [6.45, 7) is 1.44. The van der Waals surface area contributed by atoms with Gasteiger partial charge in [0, 0.05) is 43.4 Å². The minimum absolute atomic E-state index is 0.00514. The maximum Gasteiger partial charge on any atom is 0.253 e. The van der Waals surface area contributed by atoms with E-state index in [1.165, 1.54) is 0 Å². The van der Waals surface area contributed by atoms with Gasteiger partial charge < -0.3 is 10.0 Å². The van der Waals surface area contributed by atoms with Gasteiger partial charge in [-0.05, 0) is 55.0 Å². The van der Waals surface area contributed by atoms with Crippen molar-refractivity contribution in [2.75, 3.05) is 13.1 Å². The number of carbonyl (C=O) groups excluding carboxylic acids is 1. The summed E-state index contributed by atoms with van der Waals surface area (Å²) in [5, 5.41) is 19.1. The second-order valence-electron chi connectivity index (χ2n) is 7.82. The molecule has 2 aromatic heterocycles. The van der Waals surface area contributed by atoms with Crippen molar-refractivity contribution in [2.45, 2.75) is 25.0 Å². The first kappa shape index (κ1) is 17.2. The Morgan fingerprint density at radius 1 is 1.00 bits per heavy atom. The SMILES string of the molecule is O=C(c1cccc(-n2cccn2)c1)N1C[C@H]2C[C@@H](n3cccn3)[C@H](O)C[C@H]2C1. The van der Waals surface area contributed by atoms with Crippen LogP contribution < -0.4 is 0 Å². The average Bonchev–Trinajstić information content (AvgIpc) is 3.47. The molecule has 3 aromatic rings. The number of fused-ring (bicyclic) bond motifs is 1. The molecule has 28 heavy (non-hydrogen) atoms. The van der Waals surface area contributed by atoms with Crippen LogP contribution in [0.4, 0.5) is 0 Å². The molecule has 0 unspecified atom stereocenters. The van der Waals surface area contributed by atoms with Crippen molar-refractivity contribution in [3.05, 3.63) is 66.7 Å². The Bertz CT molecular complexity index is 953. The number of aromatic nitrogens is 4. The van der Waals surface area contributed by atoms with Gasteiger partial charge >= 0.3 is 0 Å². The molecule has 1 amide bonds. The molecule has 0 spiro atoms. The fraction of sp³-hybridized carbons (Fsp3) is 0.381. The molecule has 1 aliphatic carbocycles. The predicted octanol–water partition coefficient (Wildman–Crippen LogP) is 2.15. The van der Waals surface area contributed by atoms with E-state index in [1.54, 1.807) is 17.1 Å². The molecule has 5 rings (SSSR count). The van der Waals surface area contributed by atoms with Gasteiger partial charge in [-0.15, -0.1) is 0 Å². The summed E-state index contributed by atoms with van der Waals surface area (Å²) in [7, 11) is 0. The molecule has 3 heterocycles. The largest absolute Gasteiger partial charge is 0.391 e. The first-order valence-electron chi connectivity index (χ1n) is 9.75. The Hall–Kier alpha value is -2.93. The van der Waals surface area contributed by atoms with Crippen molar-refractivity contribution < 1.29 is 9.90 Å². The number of likely N-dealkylation sites (tertiary alicyclic amines) is 1. The zero-order valence-corrected chi connectivity index (χ0v) is 15.5. The lowest BCUT2D eigenvalue weighted by Gasteiger charge is -2.35. The highest BCUT2D eigenvalue weighted by Crippen LogP contribution is 2.41. The molecule has 0 radical (unpaired) electrons. The second kappa shape index (κ2) is 6.91. The number of rotatable bonds is 3. The van der Waals surface area contributed by atoms with E-state index in [9.17, 15) is 9.90 Å². The number of aliphatic hydroxyl groups excluding tert-OH is 1. The normalized spacial score (nSPS) is 27.0. The van der Waals surface area contributed by atoms with E-state index < -0.39 is 6.10 Å². The number of amides is 1. The van der Waals surface area contributed by atoms with Crippen LogP contribution in [0.25, 0.3) is 5.69 Å². The number of hydrogen-bond acceptors (Lipinski definition) is 4. The minimum Gasteiger partial charge on any atom is -0.391 e.